The van der Waals surface area contributed by atoms with E-state index in [-0.39, 0.29) is 0 Å². The van der Waals surface area contributed by atoms with E-state index in [2.05, 4.69) is 84.9 Å². The zero-order valence-corrected chi connectivity index (χ0v) is 11.8. The number of hydrogen-bond acceptors (Lipinski definition) is 0. The molecule has 1 aliphatic carbocycles. The largest absolute Gasteiger partial charge is 0.0622 e. The second-order valence-corrected chi connectivity index (χ2v) is 5.42. The normalized spacial score (nSPS) is 13.3. The van der Waals surface area contributed by atoms with Crippen molar-refractivity contribution in [3.05, 3.63) is 107 Å². The first-order valence-electron chi connectivity index (χ1n) is 7.36. The Morgan fingerprint density at radius 1 is 0.524 bits per heavy atom. The summed E-state index contributed by atoms with van der Waals surface area (Å²) in [5.41, 5.74) is 8.26. The lowest BCUT2D eigenvalue weighted by Crippen LogP contribution is -1.88. The molecule has 0 atom stereocenters. The van der Waals surface area contributed by atoms with Crippen LogP contribution >= 0.6 is 0 Å². The molecule has 0 N–H and O–H groups in total. The summed E-state index contributed by atoms with van der Waals surface area (Å²) in [6.45, 7) is 0. The first kappa shape index (κ1) is 12.2. The lowest BCUT2D eigenvalue weighted by Gasteiger charge is -2.09. The van der Waals surface area contributed by atoms with Crippen molar-refractivity contribution in [1.82, 2.24) is 0 Å². The van der Waals surface area contributed by atoms with Gasteiger partial charge >= 0.3 is 0 Å². The molecule has 0 aromatic heterocycles. The van der Waals surface area contributed by atoms with Crippen LogP contribution in [0, 0.1) is 0 Å². The van der Waals surface area contributed by atoms with Crippen LogP contribution < -0.4 is 0 Å². The second-order valence-electron chi connectivity index (χ2n) is 5.42. The van der Waals surface area contributed by atoms with E-state index < -0.39 is 0 Å². The Labute approximate surface area is 125 Å². The number of hydrogen-bond donors (Lipinski definition) is 0. The van der Waals surface area contributed by atoms with Crippen molar-refractivity contribution in [1.29, 1.82) is 0 Å². The molecule has 3 aromatic carbocycles. The van der Waals surface area contributed by atoms with Gasteiger partial charge in [-0.05, 0) is 39.8 Å². The average molecular weight is 268 g/mol. The van der Waals surface area contributed by atoms with E-state index >= 15 is 0 Å². The maximum absolute atomic E-state index is 2.24. The first-order chi connectivity index (χ1) is 10.4. The van der Waals surface area contributed by atoms with Crippen molar-refractivity contribution in [2.75, 3.05) is 0 Å². The predicted octanol–water partition coefficient (Wildman–Crippen LogP) is 5.20. The molecule has 0 spiro atoms. The Morgan fingerprint density at radius 2 is 1.10 bits per heavy atom. The molecule has 0 heterocycles. The van der Waals surface area contributed by atoms with Crippen LogP contribution in [0.4, 0.5) is 0 Å². The highest BCUT2D eigenvalue weighted by Crippen LogP contribution is 2.41. The molecule has 0 fully saturated rings. The summed E-state index contributed by atoms with van der Waals surface area (Å²) in [5.74, 6) is 0. The fraction of sp³-hybridized carbons (Fsp3) is 0.0476. The van der Waals surface area contributed by atoms with E-state index in [0.29, 0.717) is 0 Å². The third-order valence-electron chi connectivity index (χ3n) is 4.14. The summed E-state index contributed by atoms with van der Waals surface area (Å²) in [5, 5.41) is 0. The van der Waals surface area contributed by atoms with Gasteiger partial charge in [0.15, 0.2) is 0 Å². The average Bonchev–Trinajstić information content (AvgIpc) is 2.96. The van der Waals surface area contributed by atoms with Gasteiger partial charge in [0.2, 0.25) is 0 Å². The van der Waals surface area contributed by atoms with Crippen LogP contribution in [-0.4, -0.2) is 0 Å². The Bertz CT molecular complexity index is 796. The van der Waals surface area contributed by atoms with Crippen LogP contribution in [0.25, 0.3) is 11.1 Å². The summed E-state index contributed by atoms with van der Waals surface area (Å²) in [4.78, 5) is 0. The van der Waals surface area contributed by atoms with Gasteiger partial charge < -0.3 is 0 Å². The maximum Gasteiger partial charge on any atom is -0.000728 e. The predicted molar refractivity (Wildman–Crippen MR) is 88.9 cm³/mol. The number of rotatable bonds is 2. The van der Waals surface area contributed by atoms with Crippen LogP contribution in [0.1, 0.15) is 22.3 Å². The van der Waals surface area contributed by atoms with Gasteiger partial charge in [0.25, 0.3) is 0 Å². The molecular formula is C21H16. The molecule has 0 saturated carbocycles. The standard InChI is InChI=1S/C21H16/c1-3-9-16(10-4-1)20-15-18-13-7-8-14-19(18)21(20)17-11-5-2-6-12-17/h1-14H,15H2. The SMILES string of the molecule is c1ccc(C2=C(c3ccccc3)c3ccccc3C2)cc1. The topological polar surface area (TPSA) is 0 Å². The lowest BCUT2D eigenvalue weighted by molar-refractivity contribution is 1.32. The highest BCUT2D eigenvalue weighted by Gasteiger charge is 2.22. The van der Waals surface area contributed by atoms with Crippen LogP contribution in [0.15, 0.2) is 84.9 Å². The Balaban J connectivity index is 1.97. The van der Waals surface area contributed by atoms with Crippen molar-refractivity contribution < 1.29 is 0 Å². The summed E-state index contributed by atoms with van der Waals surface area (Å²) < 4.78 is 0. The van der Waals surface area contributed by atoms with Crippen LogP contribution in [0.3, 0.4) is 0 Å². The highest BCUT2D eigenvalue weighted by atomic mass is 14.3. The van der Waals surface area contributed by atoms with E-state index in [1.165, 1.54) is 33.4 Å². The molecular weight excluding hydrogens is 252 g/mol. The lowest BCUT2D eigenvalue weighted by atomic mass is 9.94. The zero-order valence-electron chi connectivity index (χ0n) is 11.8. The smallest absolute Gasteiger partial charge is 0.000728 e. The van der Waals surface area contributed by atoms with Gasteiger partial charge in [-0.1, -0.05) is 84.9 Å². The molecule has 0 nitrogen and oxygen atoms in total. The Morgan fingerprint density at radius 3 is 1.81 bits per heavy atom. The summed E-state index contributed by atoms with van der Waals surface area (Å²) >= 11 is 0. The number of allylic oxidation sites excluding steroid dienone is 1. The fourth-order valence-corrected chi connectivity index (χ4v) is 3.18. The van der Waals surface area contributed by atoms with Crippen molar-refractivity contribution in [2.45, 2.75) is 6.42 Å². The van der Waals surface area contributed by atoms with Crippen molar-refractivity contribution >= 4 is 11.1 Å². The van der Waals surface area contributed by atoms with E-state index in [1.807, 2.05) is 0 Å². The van der Waals surface area contributed by atoms with E-state index in [4.69, 9.17) is 0 Å². The Kier molecular flexibility index (Phi) is 2.93. The second kappa shape index (κ2) is 5.06. The first-order valence-corrected chi connectivity index (χ1v) is 7.36. The van der Waals surface area contributed by atoms with Gasteiger partial charge in [-0.15, -0.1) is 0 Å². The molecule has 0 unspecified atom stereocenters. The molecule has 0 radical (unpaired) electrons. The van der Waals surface area contributed by atoms with Gasteiger partial charge in [-0.2, -0.15) is 0 Å². The van der Waals surface area contributed by atoms with Crippen molar-refractivity contribution in [3.63, 3.8) is 0 Å². The molecule has 1 aliphatic rings. The molecule has 3 aromatic rings. The fourth-order valence-electron chi connectivity index (χ4n) is 3.18. The van der Waals surface area contributed by atoms with Crippen molar-refractivity contribution in [3.8, 4) is 0 Å². The summed E-state index contributed by atoms with van der Waals surface area (Å²) in [6.07, 6.45) is 1.02. The molecule has 0 amide bonds. The van der Waals surface area contributed by atoms with Gasteiger partial charge in [0.1, 0.15) is 0 Å². The Hall–Kier alpha value is -2.60. The van der Waals surface area contributed by atoms with E-state index in [1.54, 1.807) is 0 Å². The quantitative estimate of drug-likeness (QED) is 0.599. The van der Waals surface area contributed by atoms with Gasteiger partial charge in [0.05, 0.1) is 0 Å². The summed E-state index contributed by atoms with van der Waals surface area (Å²) in [7, 11) is 0. The number of fused-ring (bicyclic) bond motifs is 1. The van der Waals surface area contributed by atoms with Gasteiger partial charge in [-0.3, -0.25) is 0 Å². The minimum Gasteiger partial charge on any atom is -0.0622 e. The monoisotopic (exact) mass is 268 g/mol. The third-order valence-corrected chi connectivity index (χ3v) is 4.14. The maximum atomic E-state index is 2.24. The number of benzene rings is 3. The van der Waals surface area contributed by atoms with E-state index in [9.17, 15) is 0 Å². The highest BCUT2D eigenvalue weighted by molar-refractivity contribution is 6.03. The molecule has 0 aliphatic heterocycles. The van der Waals surface area contributed by atoms with Crippen LogP contribution in [0.2, 0.25) is 0 Å². The minimum atomic E-state index is 1.02. The van der Waals surface area contributed by atoms with Gasteiger partial charge in [0, 0.05) is 0 Å². The summed E-state index contributed by atoms with van der Waals surface area (Å²) in [6, 6.07) is 30.2. The van der Waals surface area contributed by atoms with Gasteiger partial charge in [-0.25, -0.2) is 0 Å². The minimum absolute atomic E-state index is 1.02. The zero-order chi connectivity index (χ0) is 14.1. The molecule has 0 bridgehead atoms. The van der Waals surface area contributed by atoms with E-state index in [0.717, 1.165) is 6.42 Å². The third kappa shape index (κ3) is 2.09. The molecule has 0 heteroatoms. The molecule has 21 heavy (non-hydrogen) atoms. The molecule has 4 rings (SSSR count). The van der Waals surface area contributed by atoms with Crippen LogP contribution in [-0.2, 0) is 6.42 Å². The molecule has 0 saturated heterocycles. The molecule has 100 valence electrons. The van der Waals surface area contributed by atoms with Crippen molar-refractivity contribution in [2.24, 2.45) is 0 Å². The van der Waals surface area contributed by atoms with Crippen LogP contribution in [0.5, 0.6) is 0 Å².